The molecule has 84 valence electrons. The Kier molecular flexibility index (Phi) is 5.13. The Balaban J connectivity index is 2.64. The fourth-order valence-corrected chi connectivity index (χ4v) is 1.96. The van der Waals surface area contributed by atoms with Crippen LogP contribution in [0, 0.1) is 6.92 Å². The number of rotatable bonds is 5. The molecule has 0 saturated heterocycles. The van der Waals surface area contributed by atoms with Gasteiger partial charge in [0.25, 0.3) is 0 Å². The molecule has 1 aromatic carbocycles. The van der Waals surface area contributed by atoms with Gasteiger partial charge in [0.1, 0.15) is 0 Å². The van der Waals surface area contributed by atoms with Crippen molar-refractivity contribution in [3.05, 3.63) is 34.3 Å². The van der Waals surface area contributed by atoms with E-state index in [1.165, 1.54) is 30.4 Å². The molecule has 0 aliphatic rings. The Morgan fingerprint density at radius 2 is 2.07 bits per heavy atom. The van der Waals surface area contributed by atoms with Crippen molar-refractivity contribution in [3.8, 4) is 0 Å². The Morgan fingerprint density at radius 3 is 2.73 bits per heavy atom. The third-order valence-corrected chi connectivity index (χ3v) is 2.99. The van der Waals surface area contributed by atoms with Gasteiger partial charge in [-0.1, -0.05) is 43.9 Å². The predicted molar refractivity (Wildman–Crippen MR) is 67.3 cm³/mol. The summed E-state index contributed by atoms with van der Waals surface area (Å²) in [5.74, 6) is 0. The smallest absolute Gasteiger partial charge is 0.0409 e. The van der Waals surface area contributed by atoms with Crippen LogP contribution in [0.5, 0.6) is 0 Å². The van der Waals surface area contributed by atoms with Crippen LogP contribution in [-0.2, 0) is 0 Å². The maximum absolute atomic E-state index is 6.15. The molecule has 0 spiro atoms. The molecule has 0 aromatic heterocycles. The van der Waals surface area contributed by atoms with E-state index in [9.17, 15) is 0 Å². The molecule has 0 aliphatic heterocycles. The van der Waals surface area contributed by atoms with E-state index in [0.29, 0.717) is 0 Å². The first-order chi connectivity index (χ1) is 7.15. The first-order valence-corrected chi connectivity index (χ1v) is 6.04. The Morgan fingerprint density at radius 1 is 1.33 bits per heavy atom. The van der Waals surface area contributed by atoms with Gasteiger partial charge in [-0.2, -0.15) is 0 Å². The van der Waals surface area contributed by atoms with Crippen molar-refractivity contribution in [1.82, 2.24) is 0 Å². The van der Waals surface area contributed by atoms with Gasteiger partial charge in [0.15, 0.2) is 0 Å². The van der Waals surface area contributed by atoms with Gasteiger partial charge in [-0.25, -0.2) is 0 Å². The van der Waals surface area contributed by atoms with E-state index in [2.05, 4.69) is 13.8 Å². The lowest BCUT2D eigenvalue weighted by atomic mass is 9.97. The van der Waals surface area contributed by atoms with Crippen molar-refractivity contribution in [1.29, 1.82) is 0 Å². The second-order valence-corrected chi connectivity index (χ2v) is 4.54. The molecule has 0 radical (unpaired) electrons. The molecular weight excluding hydrogens is 206 g/mol. The number of halogens is 1. The van der Waals surface area contributed by atoms with Crippen LogP contribution in [0.3, 0.4) is 0 Å². The molecule has 1 atom stereocenters. The minimum absolute atomic E-state index is 0.134. The first-order valence-electron chi connectivity index (χ1n) is 5.66. The minimum Gasteiger partial charge on any atom is -0.324 e. The normalized spacial score (nSPS) is 12.8. The lowest BCUT2D eigenvalue weighted by molar-refractivity contribution is 0.579. The molecule has 0 fully saturated rings. The molecule has 0 heterocycles. The fraction of sp³-hybridized carbons (Fsp3) is 0.538. The maximum Gasteiger partial charge on any atom is 0.0409 e. The van der Waals surface area contributed by atoms with Crippen molar-refractivity contribution in [3.63, 3.8) is 0 Å². The van der Waals surface area contributed by atoms with Crippen LogP contribution in [0.15, 0.2) is 18.2 Å². The molecule has 15 heavy (non-hydrogen) atoms. The van der Waals surface area contributed by atoms with Crippen LogP contribution in [0.25, 0.3) is 0 Å². The first kappa shape index (κ1) is 12.5. The Hall–Kier alpha value is -0.530. The molecule has 2 heteroatoms. The number of unbranched alkanes of at least 4 members (excludes halogenated alkanes) is 2. The van der Waals surface area contributed by atoms with E-state index in [-0.39, 0.29) is 6.04 Å². The highest BCUT2D eigenvalue weighted by Crippen LogP contribution is 2.24. The van der Waals surface area contributed by atoms with Gasteiger partial charge < -0.3 is 5.73 Å². The van der Waals surface area contributed by atoms with Crippen LogP contribution in [0.4, 0.5) is 0 Å². The zero-order valence-corrected chi connectivity index (χ0v) is 10.3. The van der Waals surface area contributed by atoms with Crippen molar-refractivity contribution in [2.24, 2.45) is 5.73 Å². The van der Waals surface area contributed by atoms with Gasteiger partial charge in [0, 0.05) is 11.1 Å². The highest BCUT2D eigenvalue weighted by molar-refractivity contribution is 6.30. The lowest BCUT2D eigenvalue weighted by Gasteiger charge is -2.14. The second-order valence-electron chi connectivity index (χ2n) is 4.10. The van der Waals surface area contributed by atoms with Gasteiger partial charge in [0.2, 0.25) is 0 Å². The third-order valence-electron chi connectivity index (χ3n) is 2.76. The zero-order valence-electron chi connectivity index (χ0n) is 9.59. The maximum atomic E-state index is 6.15. The summed E-state index contributed by atoms with van der Waals surface area (Å²) in [5.41, 5.74) is 8.58. The third kappa shape index (κ3) is 3.84. The van der Waals surface area contributed by atoms with Crippen molar-refractivity contribution < 1.29 is 0 Å². The van der Waals surface area contributed by atoms with Crippen LogP contribution in [0.2, 0.25) is 5.02 Å². The van der Waals surface area contributed by atoms with Crippen LogP contribution >= 0.6 is 11.6 Å². The number of benzene rings is 1. The topological polar surface area (TPSA) is 26.0 Å². The Bertz CT molecular complexity index is 309. The summed E-state index contributed by atoms with van der Waals surface area (Å²) in [4.78, 5) is 0. The summed E-state index contributed by atoms with van der Waals surface area (Å²) in [6, 6.07) is 6.08. The molecule has 1 nitrogen and oxygen atoms in total. The number of nitrogens with two attached hydrogens (primary N) is 1. The quantitative estimate of drug-likeness (QED) is 0.746. The van der Waals surface area contributed by atoms with Crippen LogP contribution in [-0.4, -0.2) is 0 Å². The number of aryl methyl sites for hydroxylation is 1. The van der Waals surface area contributed by atoms with E-state index >= 15 is 0 Å². The lowest BCUT2D eigenvalue weighted by Crippen LogP contribution is -2.11. The van der Waals surface area contributed by atoms with Gasteiger partial charge in [-0.15, -0.1) is 0 Å². The van der Waals surface area contributed by atoms with Gasteiger partial charge in [-0.3, -0.25) is 0 Å². The van der Waals surface area contributed by atoms with Crippen molar-refractivity contribution in [2.45, 2.75) is 45.6 Å². The SMILES string of the molecule is CCCCCC(N)c1cc(Cl)ccc1C. The monoisotopic (exact) mass is 225 g/mol. The van der Waals surface area contributed by atoms with Crippen molar-refractivity contribution in [2.75, 3.05) is 0 Å². The molecule has 1 rings (SSSR count). The molecule has 0 bridgehead atoms. The predicted octanol–water partition coefficient (Wildman–Crippen LogP) is 4.23. The summed E-state index contributed by atoms with van der Waals surface area (Å²) in [7, 11) is 0. The Labute approximate surface area is 97.6 Å². The molecular formula is C13H20ClN. The molecule has 0 aliphatic carbocycles. The molecule has 2 N–H and O–H groups in total. The number of hydrogen-bond acceptors (Lipinski definition) is 1. The molecule has 1 aromatic rings. The highest BCUT2D eigenvalue weighted by atomic mass is 35.5. The largest absolute Gasteiger partial charge is 0.324 e. The van der Waals surface area contributed by atoms with Gasteiger partial charge in [0.05, 0.1) is 0 Å². The number of hydrogen-bond donors (Lipinski definition) is 1. The summed E-state index contributed by atoms with van der Waals surface area (Å²) < 4.78 is 0. The highest BCUT2D eigenvalue weighted by Gasteiger charge is 2.08. The average Bonchev–Trinajstić information content (AvgIpc) is 2.22. The second kappa shape index (κ2) is 6.14. The summed E-state index contributed by atoms with van der Waals surface area (Å²) >= 11 is 5.97. The van der Waals surface area contributed by atoms with Crippen LogP contribution in [0.1, 0.15) is 49.8 Å². The van der Waals surface area contributed by atoms with Crippen LogP contribution < -0.4 is 5.73 Å². The zero-order chi connectivity index (χ0) is 11.3. The van der Waals surface area contributed by atoms with E-state index in [1.54, 1.807) is 0 Å². The average molecular weight is 226 g/mol. The fourth-order valence-electron chi connectivity index (χ4n) is 1.78. The van der Waals surface area contributed by atoms with E-state index < -0.39 is 0 Å². The molecule has 1 unspecified atom stereocenters. The molecule has 0 amide bonds. The van der Waals surface area contributed by atoms with Gasteiger partial charge >= 0.3 is 0 Å². The molecule has 0 saturated carbocycles. The van der Waals surface area contributed by atoms with Gasteiger partial charge in [-0.05, 0) is 36.6 Å². The standard InChI is InChI=1S/C13H20ClN/c1-3-4-5-6-13(15)12-9-11(14)8-7-10(12)2/h7-9,13H,3-6,15H2,1-2H3. The van der Waals surface area contributed by atoms with Crippen molar-refractivity contribution >= 4 is 11.6 Å². The summed E-state index contributed by atoms with van der Waals surface area (Å²) in [5, 5.41) is 0.779. The summed E-state index contributed by atoms with van der Waals surface area (Å²) in [6.45, 7) is 4.29. The van der Waals surface area contributed by atoms with E-state index in [0.717, 1.165) is 11.4 Å². The van der Waals surface area contributed by atoms with E-state index in [4.69, 9.17) is 17.3 Å². The minimum atomic E-state index is 0.134. The summed E-state index contributed by atoms with van der Waals surface area (Å²) in [6.07, 6.45) is 4.74. The van der Waals surface area contributed by atoms with E-state index in [1.807, 2.05) is 18.2 Å².